The smallest absolute Gasteiger partial charge is 0.185 e. The Bertz CT molecular complexity index is 324. The van der Waals surface area contributed by atoms with Crippen molar-refractivity contribution >= 4 is 5.78 Å². The van der Waals surface area contributed by atoms with Gasteiger partial charge in [-0.2, -0.15) is 0 Å². The molecular weight excluding hydrogens is 160 g/mol. The second kappa shape index (κ2) is 4.61. The first kappa shape index (κ1) is 9.72. The van der Waals surface area contributed by atoms with Gasteiger partial charge >= 0.3 is 0 Å². The highest BCUT2D eigenvalue weighted by atomic mass is 16.1. The molecule has 0 aliphatic rings. The molecule has 0 bridgehead atoms. The molecule has 1 heteroatoms. The summed E-state index contributed by atoms with van der Waals surface area (Å²) in [6.45, 7) is 3.91. The van der Waals surface area contributed by atoms with E-state index in [4.69, 9.17) is 0 Å². The van der Waals surface area contributed by atoms with Crippen LogP contribution in [0.3, 0.4) is 0 Å². The van der Waals surface area contributed by atoms with Crippen molar-refractivity contribution in [1.82, 2.24) is 0 Å². The minimum atomic E-state index is 0.0972. The van der Waals surface area contributed by atoms with E-state index < -0.39 is 0 Å². The number of aryl methyl sites for hydroxylation is 1. The van der Waals surface area contributed by atoms with E-state index in [0.717, 1.165) is 17.5 Å². The van der Waals surface area contributed by atoms with Gasteiger partial charge in [-0.05, 0) is 25.0 Å². The van der Waals surface area contributed by atoms with Crippen molar-refractivity contribution < 1.29 is 4.79 Å². The summed E-state index contributed by atoms with van der Waals surface area (Å²) in [5.74, 6) is 0.0972. The second-order valence-electron chi connectivity index (χ2n) is 2.87. The highest BCUT2D eigenvalue weighted by molar-refractivity contribution is 6.05. The van der Waals surface area contributed by atoms with Gasteiger partial charge in [-0.3, -0.25) is 4.79 Å². The molecule has 68 valence electrons. The summed E-state index contributed by atoms with van der Waals surface area (Å²) in [5.41, 5.74) is 1.94. The van der Waals surface area contributed by atoms with E-state index in [-0.39, 0.29) is 5.78 Å². The average molecular weight is 174 g/mol. The van der Waals surface area contributed by atoms with Crippen molar-refractivity contribution in [2.45, 2.75) is 20.3 Å². The normalized spacial score (nSPS) is 10.6. The number of hydrogen-bond acceptors (Lipinski definition) is 1. The highest BCUT2D eigenvalue weighted by Gasteiger charge is 2.04. The largest absolute Gasteiger partial charge is 0.289 e. The van der Waals surface area contributed by atoms with Crippen LogP contribution in [0.2, 0.25) is 0 Å². The SMILES string of the molecule is CC=CC(=O)c1ccccc1CC. The van der Waals surface area contributed by atoms with Crippen molar-refractivity contribution in [2.24, 2.45) is 0 Å². The van der Waals surface area contributed by atoms with E-state index >= 15 is 0 Å². The van der Waals surface area contributed by atoms with Crippen LogP contribution in [0.1, 0.15) is 29.8 Å². The Morgan fingerprint density at radius 3 is 2.69 bits per heavy atom. The van der Waals surface area contributed by atoms with Crippen molar-refractivity contribution in [3.63, 3.8) is 0 Å². The molecule has 1 nitrogen and oxygen atoms in total. The molecule has 13 heavy (non-hydrogen) atoms. The maximum Gasteiger partial charge on any atom is 0.185 e. The molecule has 0 aromatic heterocycles. The predicted octanol–water partition coefficient (Wildman–Crippen LogP) is 3.01. The predicted molar refractivity (Wildman–Crippen MR) is 55.0 cm³/mol. The fourth-order valence-electron chi connectivity index (χ4n) is 1.31. The van der Waals surface area contributed by atoms with Crippen LogP contribution in [0.4, 0.5) is 0 Å². The standard InChI is InChI=1S/C12H14O/c1-3-7-12(13)11-9-6-5-8-10(11)4-2/h3,5-9H,4H2,1-2H3. The van der Waals surface area contributed by atoms with Gasteiger partial charge in [0.1, 0.15) is 0 Å². The van der Waals surface area contributed by atoms with Gasteiger partial charge < -0.3 is 0 Å². The maximum absolute atomic E-state index is 11.5. The van der Waals surface area contributed by atoms with Gasteiger partial charge in [0.15, 0.2) is 5.78 Å². The summed E-state index contributed by atoms with van der Waals surface area (Å²) < 4.78 is 0. The molecule has 1 rings (SSSR count). The molecular formula is C12H14O. The Balaban J connectivity index is 3.05. The minimum absolute atomic E-state index is 0.0972. The van der Waals surface area contributed by atoms with Crippen LogP contribution >= 0.6 is 0 Å². The number of ketones is 1. The van der Waals surface area contributed by atoms with E-state index in [1.54, 1.807) is 12.2 Å². The quantitative estimate of drug-likeness (QED) is 0.508. The van der Waals surface area contributed by atoms with Crippen molar-refractivity contribution in [3.05, 3.63) is 47.5 Å². The number of carbonyl (C=O) groups excluding carboxylic acids is 1. The molecule has 1 aromatic carbocycles. The Hall–Kier alpha value is -1.37. The van der Waals surface area contributed by atoms with Gasteiger partial charge in [0.05, 0.1) is 0 Å². The van der Waals surface area contributed by atoms with Crippen LogP contribution in [0.25, 0.3) is 0 Å². The molecule has 1 aromatic rings. The zero-order chi connectivity index (χ0) is 9.68. The third-order valence-electron chi connectivity index (χ3n) is 1.98. The van der Waals surface area contributed by atoms with Crippen molar-refractivity contribution in [2.75, 3.05) is 0 Å². The van der Waals surface area contributed by atoms with Gasteiger partial charge in [0, 0.05) is 5.56 Å². The zero-order valence-electron chi connectivity index (χ0n) is 8.08. The second-order valence-corrected chi connectivity index (χ2v) is 2.87. The van der Waals surface area contributed by atoms with E-state index in [9.17, 15) is 4.79 Å². The van der Waals surface area contributed by atoms with E-state index in [2.05, 4.69) is 6.92 Å². The number of hydrogen-bond donors (Lipinski definition) is 0. The molecule has 0 spiro atoms. The summed E-state index contributed by atoms with van der Waals surface area (Å²) in [6, 6.07) is 7.74. The number of allylic oxidation sites excluding steroid dienone is 2. The van der Waals surface area contributed by atoms with Gasteiger partial charge in [-0.15, -0.1) is 0 Å². The summed E-state index contributed by atoms with van der Waals surface area (Å²) in [5, 5.41) is 0. The highest BCUT2D eigenvalue weighted by Crippen LogP contribution is 2.10. The Labute approximate surface area is 79.1 Å². The van der Waals surface area contributed by atoms with Crippen LogP contribution in [0.5, 0.6) is 0 Å². The number of benzene rings is 1. The molecule has 0 amide bonds. The minimum Gasteiger partial charge on any atom is -0.289 e. The number of rotatable bonds is 3. The van der Waals surface area contributed by atoms with E-state index in [1.165, 1.54) is 0 Å². The summed E-state index contributed by atoms with van der Waals surface area (Å²) in [4.78, 5) is 11.5. The topological polar surface area (TPSA) is 17.1 Å². The average Bonchev–Trinajstić information content (AvgIpc) is 2.18. The van der Waals surface area contributed by atoms with Crippen LogP contribution in [0.15, 0.2) is 36.4 Å². The molecule has 0 N–H and O–H groups in total. The van der Waals surface area contributed by atoms with Gasteiger partial charge in [0.2, 0.25) is 0 Å². The van der Waals surface area contributed by atoms with E-state index in [1.807, 2.05) is 31.2 Å². The summed E-state index contributed by atoms with van der Waals surface area (Å²) in [6.07, 6.45) is 4.28. The fraction of sp³-hybridized carbons (Fsp3) is 0.250. The molecule has 0 radical (unpaired) electrons. The van der Waals surface area contributed by atoms with Crippen molar-refractivity contribution in [1.29, 1.82) is 0 Å². The third-order valence-corrected chi connectivity index (χ3v) is 1.98. The van der Waals surface area contributed by atoms with Crippen LogP contribution < -0.4 is 0 Å². The first-order valence-electron chi connectivity index (χ1n) is 4.54. The molecule has 0 aliphatic carbocycles. The molecule has 0 saturated heterocycles. The molecule has 0 atom stereocenters. The summed E-state index contributed by atoms with van der Waals surface area (Å²) in [7, 11) is 0. The van der Waals surface area contributed by atoms with Gasteiger partial charge in [-0.25, -0.2) is 0 Å². The zero-order valence-corrected chi connectivity index (χ0v) is 8.08. The van der Waals surface area contributed by atoms with Crippen LogP contribution in [0, 0.1) is 0 Å². The van der Waals surface area contributed by atoms with Crippen molar-refractivity contribution in [3.8, 4) is 0 Å². The monoisotopic (exact) mass is 174 g/mol. The Morgan fingerprint density at radius 1 is 1.38 bits per heavy atom. The molecule has 0 fully saturated rings. The lowest BCUT2D eigenvalue weighted by molar-refractivity contribution is 0.104. The van der Waals surface area contributed by atoms with Crippen LogP contribution in [-0.2, 0) is 6.42 Å². The molecule has 0 heterocycles. The first-order valence-corrected chi connectivity index (χ1v) is 4.54. The lowest BCUT2D eigenvalue weighted by Gasteiger charge is -2.02. The van der Waals surface area contributed by atoms with Gasteiger partial charge in [0.25, 0.3) is 0 Å². The third kappa shape index (κ3) is 2.28. The van der Waals surface area contributed by atoms with E-state index in [0.29, 0.717) is 0 Å². The molecule has 0 aliphatic heterocycles. The first-order chi connectivity index (χ1) is 6.29. The Kier molecular flexibility index (Phi) is 3.44. The summed E-state index contributed by atoms with van der Waals surface area (Å²) >= 11 is 0. The Morgan fingerprint density at radius 2 is 2.08 bits per heavy atom. The lowest BCUT2D eigenvalue weighted by atomic mass is 10.0. The molecule has 0 unspecified atom stereocenters. The van der Waals surface area contributed by atoms with Gasteiger partial charge in [-0.1, -0.05) is 37.3 Å². The van der Waals surface area contributed by atoms with Crippen LogP contribution in [-0.4, -0.2) is 5.78 Å². The maximum atomic E-state index is 11.5. The molecule has 0 saturated carbocycles. The fourth-order valence-corrected chi connectivity index (χ4v) is 1.31. The number of carbonyl (C=O) groups is 1. The lowest BCUT2D eigenvalue weighted by Crippen LogP contribution is -1.99.